The van der Waals surface area contributed by atoms with Gasteiger partial charge in [-0.15, -0.1) is 0 Å². The zero-order chi connectivity index (χ0) is 50.1. The van der Waals surface area contributed by atoms with Crippen LogP contribution in [0.1, 0.15) is 0 Å². The first kappa shape index (κ1) is 43.6. The maximum atomic E-state index is 2.51. The van der Waals surface area contributed by atoms with Gasteiger partial charge in [-0.2, -0.15) is 0 Å². The van der Waals surface area contributed by atoms with Crippen molar-refractivity contribution in [2.45, 2.75) is 0 Å². The van der Waals surface area contributed by atoms with E-state index in [2.05, 4.69) is 301 Å². The molecule has 15 aromatic rings. The Morgan fingerprint density at radius 2 is 0.474 bits per heavy atom. The van der Waals surface area contributed by atoms with Crippen LogP contribution in [0.3, 0.4) is 0 Å². The minimum Gasteiger partial charge on any atom is -0.310 e. The lowest BCUT2D eigenvalue weighted by atomic mass is 9.86. The normalized spacial score (nSPS) is 11.7. The minimum atomic E-state index is 1.11. The summed E-state index contributed by atoms with van der Waals surface area (Å²) in [5, 5.41) is 19.6. The van der Waals surface area contributed by atoms with E-state index in [1.54, 1.807) is 0 Å². The SMILES string of the molecule is c1ccc(-c2ccc3c(c2)c2cc4c5ccc(N(c6ccccc6)c6cccc7ccccc67)cc5c5ccc(-c6ccccc6)cc5c4cc2c2ccc(N(c4ccccc4)c4cccc5ccccc45)cc32)cc1. The summed E-state index contributed by atoms with van der Waals surface area (Å²) >= 11 is 0. The number of fused-ring (bicyclic) bond motifs is 14. The first-order valence-electron chi connectivity index (χ1n) is 26.2. The highest BCUT2D eigenvalue weighted by atomic mass is 15.1. The highest BCUT2D eigenvalue weighted by molar-refractivity contribution is 6.34. The molecule has 2 heteroatoms. The third kappa shape index (κ3) is 7.18. The van der Waals surface area contributed by atoms with Gasteiger partial charge in [0, 0.05) is 33.5 Å². The summed E-state index contributed by atoms with van der Waals surface area (Å²) in [6.07, 6.45) is 0. The van der Waals surface area contributed by atoms with Crippen molar-refractivity contribution in [3.63, 3.8) is 0 Å². The minimum absolute atomic E-state index is 1.11. The molecule has 0 saturated heterocycles. The van der Waals surface area contributed by atoms with Crippen molar-refractivity contribution >= 4 is 120 Å². The van der Waals surface area contributed by atoms with Crippen molar-refractivity contribution in [3.05, 3.63) is 291 Å². The Morgan fingerprint density at radius 3 is 0.895 bits per heavy atom. The molecule has 0 radical (unpaired) electrons. The third-order valence-corrected chi connectivity index (χ3v) is 15.7. The Hall–Kier alpha value is -10.0. The molecule has 0 unspecified atom stereocenters. The van der Waals surface area contributed by atoms with Crippen LogP contribution in [0.4, 0.5) is 34.1 Å². The Balaban J connectivity index is 1.04. The third-order valence-electron chi connectivity index (χ3n) is 15.7. The number of anilines is 6. The average Bonchev–Trinajstić information content (AvgIpc) is 3.50. The molecule has 0 spiro atoms. The fraction of sp³-hybridized carbons (Fsp3) is 0. The van der Waals surface area contributed by atoms with Gasteiger partial charge in [-0.25, -0.2) is 0 Å². The number of nitrogens with zero attached hydrogens (tertiary/aromatic N) is 2. The zero-order valence-electron chi connectivity index (χ0n) is 41.6. The predicted molar refractivity (Wildman–Crippen MR) is 327 cm³/mol. The Bertz CT molecular complexity index is 4430. The molecule has 0 fully saturated rings. The smallest absolute Gasteiger partial charge is 0.0540 e. The van der Waals surface area contributed by atoms with Crippen LogP contribution in [0.25, 0.3) is 108 Å². The fourth-order valence-corrected chi connectivity index (χ4v) is 12.2. The first-order chi connectivity index (χ1) is 37.7. The van der Waals surface area contributed by atoms with E-state index >= 15 is 0 Å². The van der Waals surface area contributed by atoms with E-state index in [1.165, 1.54) is 108 Å². The van der Waals surface area contributed by atoms with E-state index in [4.69, 9.17) is 0 Å². The predicted octanol–water partition coefficient (Wildman–Crippen LogP) is 21.2. The van der Waals surface area contributed by atoms with Gasteiger partial charge in [-0.3, -0.25) is 0 Å². The zero-order valence-corrected chi connectivity index (χ0v) is 41.6. The maximum Gasteiger partial charge on any atom is 0.0540 e. The second-order valence-corrected chi connectivity index (χ2v) is 20.0. The molecule has 0 atom stereocenters. The summed E-state index contributed by atoms with van der Waals surface area (Å²) in [4.78, 5) is 4.85. The van der Waals surface area contributed by atoms with E-state index in [-0.39, 0.29) is 0 Å². The summed E-state index contributed by atoms with van der Waals surface area (Å²) in [5.74, 6) is 0. The van der Waals surface area contributed by atoms with Gasteiger partial charge in [-0.05, 0) is 183 Å². The van der Waals surface area contributed by atoms with E-state index in [0.29, 0.717) is 0 Å². The van der Waals surface area contributed by atoms with Gasteiger partial charge >= 0.3 is 0 Å². The lowest BCUT2D eigenvalue weighted by Crippen LogP contribution is -2.10. The molecule has 0 amide bonds. The topological polar surface area (TPSA) is 6.48 Å². The molecule has 15 aromatic carbocycles. The van der Waals surface area contributed by atoms with Gasteiger partial charge in [0.25, 0.3) is 0 Å². The second kappa shape index (κ2) is 17.9. The van der Waals surface area contributed by atoms with Gasteiger partial charge in [-0.1, -0.05) is 206 Å². The summed E-state index contributed by atoms with van der Waals surface area (Å²) in [6.45, 7) is 0. The number of hydrogen-bond acceptors (Lipinski definition) is 2. The second-order valence-electron chi connectivity index (χ2n) is 20.0. The van der Waals surface area contributed by atoms with Crippen LogP contribution in [0, 0.1) is 0 Å². The Morgan fingerprint density at radius 1 is 0.158 bits per heavy atom. The maximum absolute atomic E-state index is 2.51. The van der Waals surface area contributed by atoms with Gasteiger partial charge in [0.05, 0.1) is 11.4 Å². The quantitative estimate of drug-likeness (QED) is 0.111. The molecule has 0 heterocycles. The van der Waals surface area contributed by atoms with E-state index in [9.17, 15) is 0 Å². The van der Waals surface area contributed by atoms with Crippen molar-refractivity contribution in [3.8, 4) is 22.3 Å². The average molecular weight is 965 g/mol. The largest absolute Gasteiger partial charge is 0.310 e. The number of benzene rings is 15. The summed E-state index contributed by atoms with van der Waals surface area (Å²) in [6, 6.07) is 107. The van der Waals surface area contributed by atoms with Crippen molar-refractivity contribution in [2.75, 3.05) is 9.80 Å². The molecular formula is C74H48N2. The van der Waals surface area contributed by atoms with E-state index < -0.39 is 0 Å². The van der Waals surface area contributed by atoms with Crippen molar-refractivity contribution in [1.29, 1.82) is 0 Å². The summed E-state index contributed by atoms with van der Waals surface area (Å²) < 4.78 is 0. The van der Waals surface area contributed by atoms with Crippen molar-refractivity contribution in [1.82, 2.24) is 0 Å². The van der Waals surface area contributed by atoms with Gasteiger partial charge in [0.2, 0.25) is 0 Å². The molecule has 76 heavy (non-hydrogen) atoms. The van der Waals surface area contributed by atoms with Crippen LogP contribution >= 0.6 is 0 Å². The molecule has 0 aromatic heterocycles. The molecule has 0 aliphatic heterocycles. The molecule has 15 rings (SSSR count). The van der Waals surface area contributed by atoms with Crippen LogP contribution in [-0.2, 0) is 0 Å². The van der Waals surface area contributed by atoms with Gasteiger partial charge < -0.3 is 9.80 Å². The first-order valence-corrected chi connectivity index (χ1v) is 26.2. The van der Waals surface area contributed by atoms with Crippen LogP contribution in [0.15, 0.2) is 291 Å². The molecule has 0 aliphatic rings. The summed E-state index contributed by atoms with van der Waals surface area (Å²) in [5.41, 5.74) is 11.5. The Labute approximate surface area is 441 Å². The molecule has 354 valence electrons. The lowest BCUT2D eigenvalue weighted by Gasteiger charge is -2.28. The monoisotopic (exact) mass is 964 g/mol. The highest BCUT2D eigenvalue weighted by Crippen LogP contribution is 2.48. The van der Waals surface area contributed by atoms with Crippen LogP contribution < -0.4 is 9.80 Å². The van der Waals surface area contributed by atoms with Crippen LogP contribution in [0.2, 0.25) is 0 Å². The molecule has 0 N–H and O–H groups in total. The summed E-state index contributed by atoms with van der Waals surface area (Å²) in [7, 11) is 0. The molecule has 0 saturated carbocycles. The number of para-hydroxylation sites is 2. The standard InChI is InChI=1S/C74H48N2/c1-5-19-49(20-6-1)53-35-39-61-65(43-53)71-47-70-64-42-38-58(76(56-29-11-4-12-30-56)74-34-18-26-52-24-14-16-32-60(52)74)46-68(64)62-40-36-54(50-21-7-2-8-22-50)44-66(62)72(70)48-69(71)63-41-37-57(45-67(61)63)75(55-27-9-3-10-28-55)73-33-17-25-51-23-13-15-31-59(51)73/h1-48H. The van der Waals surface area contributed by atoms with Crippen molar-refractivity contribution < 1.29 is 0 Å². The van der Waals surface area contributed by atoms with E-state index in [0.717, 1.165) is 34.1 Å². The highest BCUT2D eigenvalue weighted by Gasteiger charge is 2.22. The molecule has 0 bridgehead atoms. The fourth-order valence-electron chi connectivity index (χ4n) is 12.2. The van der Waals surface area contributed by atoms with Crippen molar-refractivity contribution in [2.24, 2.45) is 0 Å². The lowest BCUT2D eigenvalue weighted by molar-refractivity contribution is 1.30. The molecular weight excluding hydrogens is 917 g/mol. The molecule has 2 nitrogen and oxygen atoms in total. The van der Waals surface area contributed by atoms with Gasteiger partial charge in [0.1, 0.15) is 0 Å². The van der Waals surface area contributed by atoms with Gasteiger partial charge in [0.15, 0.2) is 0 Å². The number of rotatable bonds is 8. The van der Waals surface area contributed by atoms with E-state index in [1.807, 2.05) is 0 Å². The number of hydrogen-bond donors (Lipinski definition) is 0. The van der Waals surface area contributed by atoms with Crippen LogP contribution in [0.5, 0.6) is 0 Å². The Kier molecular flexibility index (Phi) is 10.2. The van der Waals surface area contributed by atoms with Crippen LogP contribution in [-0.4, -0.2) is 0 Å². The molecule has 0 aliphatic carbocycles.